The van der Waals surface area contributed by atoms with Gasteiger partial charge in [-0.25, -0.2) is 8.42 Å². The first-order chi connectivity index (χ1) is 9.50. The summed E-state index contributed by atoms with van der Waals surface area (Å²) in [5.74, 6) is 0. The maximum absolute atomic E-state index is 12.8. The van der Waals surface area contributed by atoms with E-state index in [1.807, 2.05) is 0 Å². The molecule has 20 heavy (non-hydrogen) atoms. The summed E-state index contributed by atoms with van der Waals surface area (Å²) in [5.41, 5.74) is 0. The molecule has 0 radical (unpaired) electrons. The Hall–Kier alpha value is -0.620. The first-order valence-corrected chi connectivity index (χ1v) is 8.79. The summed E-state index contributed by atoms with van der Waals surface area (Å²) in [4.78, 5) is 0.257. The first-order valence-electron chi connectivity index (χ1n) is 6.97. The molecule has 4 nitrogen and oxygen atoms in total. The third-order valence-corrected chi connectivity index (χ3v) is 6.60. The number of nitrogens with zero attached hydrogens (tertiary/aromatic N) is 1. The molecule has 2 aliphatic rings. The average molecular weight is 316 g/mol. The minimum atomic E-state index is -3.56. The van der Waals surface area contributed by atoms with Crippen LogP contribution in [0.2, 0.25) is 5.02 Å². The van der Waals surface area contributed by atoms with Crippen molar-refractivity contribution >= 4 is 21.6 Å². The summed E-state index contributed by atoms with van der Waals surface area (Å²) in [6, 6.07) is 6.00. The molecule has 1 aromatic rings. The zero-order chi connectivity index (χ0) is 14.3. The van der Waals surface area contributed by atoms with E-state index in [1.54, 1.807) is 16.4 Å². The fourth-order valence-corrected chi connectivity index (χ4v) is 5.43. The van der Waals surface area contributed by atoms with Gasteiger partial charge in [-0.1, -0.05) is 18.0 Å². The van der Waals surface area contributed by atoms with Crippen molar-refractivity contribution in [2.75, 3.05) is 0 Å². The van der Waals surface area contributed by atoms with E-state index in [9.17, 15) is 13.5 Å². The maximum Gasteiger partial charge on any atom is 0.243 e. The molecule has 1 aromatic carbocycles. The SMILES string of the molecule is O=S(=O)(c1ccc(Cl)cc1)N1C2CCCC1[C@@H](O)CC2. The van der Waals surface area contributed by atoms with Crippen molar-refractivity contribution in [3.05, 3.63) is 29.3 Å². The number of halogens is 1. The number of aliphatic hydroxyl groups is 1. The molecule has 2 unspecified atom stereocenters. The quantitative estimate of drug-likeness (QED) is 0.911. The summed E-state index contributed by atoms with van der Waals surface area (Å²) < 4.78 is 27.2. The van der Waals surface area contributed by atoms with E-state index in [2.05, 4.69) is 0 Å². The number of benzene rings is 1. The van der Waals surface area contributed by atoms with Gasteiger partial charge < -0.3 is 5.11 Å². The van der Waals surface area contributed by atoms with Gasteiger partial charge in [0, 0.05) is 11.1 Å². The lowest BCUT2D eigenvalue weighted by Gasteiger charge is -2.47. The van der Waals surface area contributed by atoms with Gasteiger partial charge in [0.15, 0.2) is 0 Å². The minimum Gasteiger partial charge on any atom is -0.391 e. The van der Waals surface area contributed by atoms with E-state index in [0.29, 0.717) is 11.4 Å². The average Bonchev–Trinajstić information content (AvgIpc) is 2.43. The number of fused-ring (bicyclic) bond motifs is 2. The highest BCUT2D eigenvalue weighted by atomic mass is 35.5. The molecule has 2 aliphatic heterocycles. The smallest absolute Gasteiger partial charge is 0.243 e. The lowest BCUT2D eigenvalue weighted by atomic mass is 9.85. The molecule has 1 N–H and O–H groups in total. The summed E-state index contributed by atoms with van der Waals surface area (Å²) in [6.45, 7) is 0. The molecule has 2 heterocycles. The molecule has 0 aromatic heterocycles. The van der Waals surface area contributed by atoms with Crippen molar-refractivity contribution in [1.29, 1.82) is 0 Å². The number of rotatable bonds is 2. The topological polar surface area (TPSA) is 57.6 Å². The van der Waals surface area contributed by atoms with Gasteiger partial charge in [-0.05, 0) is 49.9 Å². The summed E-state index contributed by atoms with van der Waals surface area (Å²) in [6.07, 6.45) is 3.50. The van der Waals surface area contributed by atoms with Crippen LogP contribution in [0, 0.1) is 0 Å². The molecule has 6 heteroatoms. The van der Waals surface area contributed by atoms with Gasteiger partial charge in [0.25, 0.3) is 0 Å². The maximum atomic E-state index is 12.8. The molecule has 3 atom stereocenters. The molecular formula is C14H18ClNO3S. The van der Waals surface area contributed by atoms with Crippen molar-refractivity contribution in [2.45, 2.75) is 55.2 Å². The van der Waals surface area contributed by atoms with E-state index in [1.165, 1.54) is 12.1 Å². The Morgan fingerprint density at radius 1 is 1.10 bits per heavy atom. The Balaban J connectivity index is 1.99. The zero-order valence-corrected chi connectivity index (χ0v) is 12.6. The van der Waals surface area contributed by atoms with Crippen LogP contribution < -0.4 is 0 Å². The molecule has 2 saturated heterocycles. The van der Waals surface area contributed by atoms with Gasteiger partial charge in [0.1, 0.15) is 0 Å². The highest BCUT2D eigenvalue weighted by Crippen LogP contribution is 2.38. The standard InChI is InChI=1S/C14H18ClNO3S/c15-10-4-7-12(8-5-10)20(18,19)16-11-2-1-3-13(16)14(17)9-6-11/h4-5,7-8,11,13-14,17H,1-3,6,9H2/t11?,13?,14-/m0/s1. The lowest BCUT2D eigenvalue weighted by molar-refractivity contribution is -0.0000543. The van der Waals surface area contributed by atoms with Crippen LogP contribution in [-0.4, -0.2) is 36.0 Å². The van der Waals surface area contributed by atoms with Gasteiger partial charge in [0.2, 0.25) is 10.0 Å². The normalized spacial score (nSPS) is 31.2. The third kappa shape index (κ3) is 2.37. The van der Waals surface area contributed by atoms with Crippen LogP contribution in [0.3, 0.4) is 0 Å². The fraction of sp³-hybridized carbons (Fsp3) is 0.571. The van der Waals surface area contributed by atoms with Crippen molar-refractivity contribution in [2.24, 2.45) is 0 Å². The Kier molecular flexibility index (Phi) is 3.79. The number of sulfonamides is 1. The number of aliphatic hydroxyl groups excluding tert-OH is 1. The van der Waals surface area contributed by atoms with Gasteiger partial charge >= 0.3 is 0 Å². The second-order valence-electron chi connectivity index (χ2n) is 5.59. The van der Waals surface area contributed by atoms with Gasteiger partial charge in [-0.15, -0.1) is 0 Å². The monoisotopic (exact) mass is 315 g/mol. The van der Waals surface area contributed by atoms with Gasteiger partial charge in [-0.3, -0.25) is 0 Å². The largest absolute Gasteiger partial charge is 0.391 e. The second kappa shape index (κ2) is 5.30. The third-order valence-electron chi connectivity index (χ3n) is 4.35. The molecule has 110 valence electrons. The Labute approximate surface area is 124 Å². The molecule has 0 aliphatic carbocycles. The number of piperidine rings is 2. The Morgan fingerprint density at radius 3 is 2.50 bits per heavy atom. The molecule has 0 amide bonds. The first kappa shape index (κ1) is 14.3. The fourth-order valence-electron chi connectivity index (χ4n) is 3.38. The molecule has 2 bridgehead atoms. The van der Waals surface area contributed by atoms with Crippen molar-refractivity contribution in [1.82, 2.24) is 4.31 Å². The van der Waals surface area contributed by atoms with Gasteiger partial charge in [-0.2, -0.15) is 4.31 Å². The summed E-state index contributed by atoms with van der Waals surface area (Å²) in [7, 11) is -3.56. The Bertz CT molecular complexity index is 587. The highest BCUT2D eigenvalue weighted by molar-refractivity contribution is 7.89. The van der Waals surface area contributed by atoms with Crippen molar-refractivity contribution < 1.29 is 13.5 Å². The predicted molar refractivity (Wildman–Crippen MR) is 77.1 cm³/mol. The second-order valence-corrected chi connectivity index (χ2v) is 7.87. The molecule has 0 saturated carbocycles. The van der Waals surface area contributed by atoms with Crippen molar-refractivity contribution in [3.63, 3.8) is 0 Å². The van der Waals surface area contributed by atoms with Crippen molar-refractivity contribution in [3.8, 4) is 0 Å². The van der Waals surface area contributed by atoms with Crippen LogP contribution in [0.5, 0.6) is 0 Å². The number of hydrogen-bond donors (Lipinski definition) is 1. The van der Waals surface area contributed by atoms with Crippen LogP contribution in [0.4, 0.5) is 0 Å². The van der Waals surface area contributed by atoms with Crippen LogP contribution in [0.15, 0.2) is 29.2 Å². The number of hydrogen-bond acceptors (Lipinski definition) is 3. The molecular weight excluding hydrogens is 298 g/mol. The molecule has 3 rings (SSSR count). The van der Waals surface area contributed by atoms with E-state index >= 15 is 0 Å². The molecule has 2 fully saturated rings. The summed E-state index contributed by atoms with van der Waals surface area (Å²) in [5, 5.41) is 10.6. The molecule has 0 spiro atoms. The van der Waals surface area contributed by atoms with E-state index < -0.39 is 16.1 Å². The van der Waals surface area contributed by atoms with Crippen LogP contribution in [0.1, 0.15) is 32.1 Å². The van der Waals surface area contributed by atoms with Gasteiger partial charge in [0.05, 0.1) is 17.0 Å². The van der Waals surface area contributed by atoms with E-state index in [0.717, 1.165) is 25.7 Å². The van der Waals surface area contributed by atoms with E-state index in [4.69, 9.17) is 11.6 Å². The Morgan fingerprint density at radius 2 is 1.80 bits per heavy atom. The van der Waals surface area contributed by atoms with Crippen LogP contribution in [-0.2, 0) is 10.0 Å². The van der Waals surface area contributed by atoms with Crippen LogP contribution >= 0.6 is 11.6 Å². The minimum absolute atomic E-state index is 0.0258. The zero-order valence-electron chi connectivity index (χ0n) is 11.1. The highest BCUT2D eigenvalue weighted by Gasteiger charge is 2.45. The lowest BCUT2D eigenvalue weighted by Crippen LogP contribution is -2.57. The predicted octanol–water partition coefficient (Wildman–Crippen LogP) is 2.41. The van der Waals surface area contributed by atoms with E-state index in [-0.39, 0.29) is 17.0 Å². The van der Waals surface area contributed by atoms with Crippen LogP contribution in [0.25, 0.3) is 0 Å². The summed E-state index contributed by atoms with van der Waals surface area (Å²) >= 11 is 5.82.